The van der Waals surface area contributed by atoms with Crippen LogP contribution in [-0.2, 0) is 6.54 Å². The number of nitrogens with zero attached hydrogens (tertiary/aromatic N) is 1. The fourth-order valence-corrected chi connectivity index (χ4v) is 2.00. The number of benzene rings is 1. The van der Waals surface area contributed by atoms with Gasteiger partial charge in [0.15, 0.2) is 4.77 Å². The summed E-state index contributed by atoms with van der Waals surface area (Å²) in [6.45, 7) is 3.08. The van der Waals surface area contributed by atoms with Crippen molar-refractivity contribution in [2.24, 2.45) is 0 Å². The monoisotopic (exact) mass is 222 g/mol. The van der Waals surface area contributed by atoms with Crippen LogP contribution in [0.4, 0.5) is 0 Å². The molecule has 0 spiro atoms. The van der Waals surface area contributed by atoms with Crippen LogP contribution in [0.15, 0.2) is 18.2 Å². The van der Waals surface area contributed by atoms with E-state index in [9.17, 15) is 0 Å². The lowest BCUT2D eigenvalue weighted by molar-refractivity contribution is 0.415. The summed E-state index contributed by atoms with van der Waals surface area (Å²) in [5.41, 5.74) is 2.18. The summed E-state index contributed by atoms with van der Waals surface area (Å²) in [7, 11) is 1.67. The quantitative estimate of drug-likeness (QED) is 0.809. The summed E-state index contributed by atoms with van der Waals surface area (Å²) in [6, 6.07) is 5.94. The van der Waals surface area contributed by atoms with Gasteiger partial charge in [-0.15, -0.1) is 0 Å². The second-order valence-corrected chi connectivity index (χ2v) is 3.85. The number of aromatic nitrogens is 2. The normalized spacial score (nSPS) is 10.8. The Labute approximate surface area is 93.7 Å². The maximum absolute atomic E-state index is 5.26. The van der Waals surface area contributed by atoms with E-state index in [1.807, 2.05) is 18.2 Å². The zero-order valence-electron chi connectivity index (χ0n) is 8.91. The Morgan fingerprint density at radius 2 is 2.27 bits per heavy atom. The van der Waals surface area contributed by atoms with E-state index in [4.69, 9.17) is 17.0 Å². The van der Waals surface area contributed by atoms with E-state index in [-0.39, 0.29) is 0 Å². The van der Waals surface area contributed by atoms with Crippen LogP contribution < -0.4 is 4.74 Å². The first kappa shape index (κ1) is 10.2. The average Bonchev–Trinajstić information content (AvgIpc) is 2.55. The van der Waals surface area contributed by atoms with Crippen LogP contribution in [0.2, 0.25) is 0 Å². The first-order valence-corrected chi connectivity index (χ1v) is 5.43. The van der Waals surface area contributed by atoms with Gasteiger partial charge in [-0.1, -0.05) is 6.92 Å². The predicted molar refractivity (Wildman–Crippen MR) is 64.0 cm³/mol. The lowest BCUT2D eigenvalue weighted by Gasteiger charge is -2.03. The molecule has 1 aromatic carbocycles. The molecule has 0 amide bonds. The van der Waals surface area contributed by atoms with Gasteiger partial charge in [-0.05, 0) is 30.8 Å². The summed E-state index contributed by atoms with van der Waals surface area (Å²) in [5.74, 6) is 0.862. The van der Waals surface area contributed by atoms with Crippen molar-refractivity contribution in [1.29, 1.82) is 0 Å². The van der Waals surface area contributed by atoms with Crippen molar-refractivity contribution in [3.8, 4) is 5.75 Å². The summed E-state index contributed by atoms with van der Waals surface area (Å²) in [5, 5.41) is 0. The molecule has 0 unspecified atom stereocenters. The molecule has 0 saturated carbocycles. The smallest absolute Gasteiger partial charge is 0.178 e. The molecule has 0 aliphatic carbocycles. The minimum atomic E-state index is 0.778. The third-order valence-electron chi connectivity index (χ3n) is 2.43. The molecular weight excluding hydrogens is 208 g/mol. The van der Waals surface area contributed by atoms with Crippen LogP contribution in [0.5, 0.6) is 5.75 Å². The van der Waals surface area contributed by atoms with Crippen LogP contribution >= 0.6 is 12.2 Å². The average molecular weight is 222 g/mol. The molecule has 80 valence electrons. The highest BCUT2D eigenvalue weighted by Gasteiger charge is 2.04. The molecule has 4 heteroatoms. The Morgan fingerprint density at radius 3 is 2.93 bits per heavy atom. The molecular formula is C11H14N2OS. The van der Waals surface area contributed by atoms with Crippen molar-refractivity contribution in [2.75, 3.05) is 7.11 Å². The van der Waals surface area contributed by atoms with Crippen molar-refractivity contribution in [3.63, 3.8) is 0 Å². The first-order valence-electron chi connectivity index (χ1n) is 5.03. The Morgan fingerprint density at radius 1 is 1.47 bits per heavy atom. The molecule has 0 aliphatic heterocycles. The van der Waals surface area contributed by atoms with Gasteiger partial charge >= 0.3 is 0 Å². The van der Waals surface area contributed by atoms with Gasteiger partial charge in [0.05, 0.1) is 18.1 Å². The number of methoxy groups -OCH3 is 1. The molecule has 2 rings (SSSR count). The minimum absolute atomic E-state index is 0.778. The van der Waals surface area contributed by atoms with Crippen molar-refractivity contribution in [2.45, 2.75) is 19.9 Å². The van der Waals surface area contributed by atoms with Gasteiger partial charge in [0.1, 0.15) is 5.75 Å². The van der Waals surface area contributed by atoms with E-state index in [1.54, 1.807) is 7.11 Å². The second-order valence-electron chi connectivity index (χ2n) is 3.46. The van der Waals surface area contributed by atoms with Gasteiger partial charge in [-0.3, -0.25) is 0 Å². The standard InChI is InChI=1S/C11H14N2OS/c1-3-6-13-10-7-8(14-2)4-5-9(10)12-11(13)15/h4-5,7H,3,6H2,1-2H3,(H,12,15). The molecule has 0 atom stereocenters. The molecule has 0 saturated heterocycles. The number of hydrogen-bond donors (Lipinski definition) is 1. The first-order chi connectivity index (χ1) is 7.26. The third kappa shape index (κ3) is 1.77. The lowest BCUT2D eigenvalue weighted by Crippen LogP contribution is -1.96. The number of ether oxygens (including phenoxy) is 1. The topological polar surface area (TPSA) is 29.9 Å². The van der Waals surface area contributed by atoms with Gasteiger partial charge in [0.25, 0.3) is 0 Å². The Balaban J connectivity index is 2.66. The van der Waals surface area contributed by atoms with Crippen LogP contribution in [0.1, 0.15) is 13.3 Å². The molecule has 1 heterocycles. The lowest BCUT2D eigenvalue weighted by atomic mass is 10.3. The summed E-state index contributed by atoms with van der Waals surface area (Å²) in [6.07, 6.45) is 1.07. The summed E-state index contributed by atoms with van der Waals surface area (Å²) < 4.78 is 8.09. The molecule has 15 heavy (non-hydrogen) atoms. The molecule has 1 N–H and O–H groups in total. The number of fused-ring (bicyclic) bond motifs is 1. The van der Waals surface area contributed by atoms with E-state index in [0.717, 1.165) is 34.5 Å². The second kappa shape index (κ2) is 4.06. The van der Waals surface area contributed by atoms with Crippen LogP contribution in [0.3, 0.4) is 0 Å². The number of imidazole rings is 1. The maximum atomic E-state index is 5.26. The zero-order chi connectivity index (χ0) is 10.8. The van der Waals surface area contributed by atoms with Crippen molar-refractivity contribution >= 4 is 23.3 Å². The predicted octanol–water partition coefficient (Wildman–Crippen LogP) is 3.12. The Bertz CT molecular complexity index is 527. The van der Waals surface area contributed by atoms with Crippen molar-refractivity contribution in [3.05, 3.63) is 23.0 Å². The maximum Gasteiger partial charge on any atom is 0.178 e. The van der Waals surface area contributed by atoms with Gasteiger partial charge in [-0.2, -0.15) is 0 Å². The molecule has 3 nitrogen and oxygen atoms in total. The van der Waals surface area contributed by atoms with Gasteiger partial charge in [0, 0.05) is 12.6 Å². The van der Waals surface area contributed by atoms with E-state index >= 15 is 0 Å². The third-order valence-corrected chi connectivity index (χ3v) is 2.75. The van der Waals surface area contributed by atoms with E-state index in [0.29, 0.717) is 0 Å². The number of hydrogen-bond acceptors (Lipinski definition) is 2. The minimum Gasteiger partial charge on any atom is -0.497 e. The number of aryl methyl sites for hydroxylation is 1. The van der Waals surface area contributed by atoms with Gasteiger partial charge in [-0.25, -0.2) is 0 Å². The van der Waals surface area contributed by atoms with Gasteiger partial charge < -0.3 is 14.3 Å². The fourth-order valence-electron chi connectivity index (χ4n) is 1.71. The SMILES string of the molecule is CCCn1c(=S)[nH]c2ccc(OC)cc21. The molecule has 0 bridgehead atoms. The van der Waals surface area contributed by atoms with Gasteiger partial charge in [0.2, 0.25) is 0 Å². The Kier molecular flexibility index (Phi) is 2.77. The fraction of sp³-hybridized carbons (Fsp3) is 0.364. The highest BCUT2D eigenvalue weighted by atomic mass is 32.1. The highest BCUT2D eigenvalue weighted by Crippen LogP contribution is 2.20. The zero-order valence-corrected chi connectivity index (χ0v) is 9.73. The summed E-state index contributed by atoms with van der Waals surface area (Å²) in [4.78, 5) is 3.19. The highest BCUT2D eigenvalue weighted by molar-refractivity contribution is 7.71. The van der Waals surface area contributed by atoms with E-state index in [2.05, 4.69) is 16.5 Å². The summed E-state index contributed by atoms with van der Waals surface area (Å²) >= 11 is 5.26. The number of rotatable bonds is 3. The molecule has 0 radical (unpaired) electrons. The van der Waals surface area contributed by atoms with Crippen LogP contribution in [-0.4, -0.2) is 16.7 Å². The van der Waals surface area contributed by atoms with Crippen molar-refractivity contribution in [1.82, 2.24) is 9.55 Å². The number of nitrogens with one attached hydrogen (secondary N) is 1. The molecule has 0 aliphatic rings. The van der Waals surface area contributed by atoms with Crippen molar-refractivity contribution < 1.29 is 4.74 Å². The van der Waals surface area contributed by atoms with E-state index < -0.39 is 0 Å². The van der Waals surface area contributed by atoms with E-state index in [1.165, 1.54) is 0 Å². The molecule has 1 aromatic heterocycles. The largest absolute Gasteiger partial charge is 0.497 e. The molecule has 0 fully saturated rings. The number of aromatic amines is 1. The Hall–Kier alpha value is -1.29. The number of H-pyrrole nitrogens is 1. The van der Waals surface area contributed by atoms with Crippen LogP contribution in [0, 0.1) is 4.77 Å². The molecule has 2 aromatic rings. The van der Waals surface area contributed by atoms with Crippen LogP contribution in [0.25, 0.3) is 11.0 Å².